The first kappa shape index (κ1) is 25.4. The number of benzene rings is 2. The predicted octanol–water partition coefficient (Wildman–Crippen LogP) is 5.33. The van der Waals surface area contributed by atoms with Gasteiger partial charge in [-0.05, 0) is 43.7 Å². The van der Waals surface area contributed by atoms with E-state index in [0.29, 0.717) is 35.6 Å². The second-order valence-corrected chi connectivity index (χ2v) is 8.33. The topological polar surface area (TPSA) is 67.2 Å². The maximum atomic E-state index is 13.2. The Balaban J connectivity index is 1.67. The molecule has 0 unspecified atom stereocenters. The average Bonchev–Trinajstić information content (AvgIpc) is 3.20. The van der Waals surface area contributed by atoms with E-state index in [2.05, 4.69) is 10.3 Å². The summed E-state index contributed by atoms with van der Waals surface area (Å²) in [4.78, 5) is 30.6. The lowest BCUT2D eigenvalue weighted by Gasteiger charge is -2.18. The standard InChI is InChI=1S/C24H25F3N4O2S/c1-3-30(4-2)22(33)18-10-12-19(13-11-18)29-21(32)15-34-23-28-14-20(17-8-6-5-7-9-17)31(23)16-24(25,26)27/h5-14H,3-4,15-16H2,1-2H3,(H,29,32). The van der Waals surface area contributed by atoms with Crippen LogP contribution in [-0.4, -0.2) is 51.3 Å². The number of nitrogens with zero attached hydrogens (tertiary/aromatic N) is 3. The van der Waals surface area contributed by atoms with E-state index in [1.807, 2.05) is 13.8 Å². The highest BCUT2D eigenvalue weighted by Gasteiger charge is 2.31. The molecule has 1 N–H and O–H groups in total. The number of carbonyl (C=O) groups excluding carboxylic acids is 2. The van der Waals surface area contributed by atoms with Gasteiger partial charge in [-0.3, -0.25) is 9.59 Å². The van der Waals surface area contributed by atoms with Crippen LogP contribution in [0.25, 0.3) is 11.3 Å². The van der Waals surface area contributed by atoms with Crippen LogP contribution in [0.5, 0.6) is 0 Å². The normalized spacial score (nSPS) is 11.3. The zero-order chi connectivity index (χ0) is 24.7. The third-order valence-electron chi connectivity index (χ3n) is 5.02. The summed E-state index contributed by atoms with van der Waals surface area (Å²) >= 11 is 0.928. The van der Waals surface area contributed by atoms with Gasteiger partial charge in [0.15, 0.2) is 5.16 Å². The van der Waals surface area contributed by atoms with E-state index < -0.39 is 18.6 Å². The highest BCUT2D eigenvalue weighted by Crippen LogP contribution is 2.30. The Bertz CT molecular complexity index is 1110. The molecule has 0 aliphatic heterocycles. The van der Waals surface area contributed by atoms with Crippen molar-refractivity contribution in [3.8, 4) is 11.3 Å². The second kappa shape index (κ2) is 11.2. The molecule has 0 saturated carbocycles. The summed E-state index contributed by atoms with van der Waals surface area (Å²) in [5.74, 6) is -0.608. The van der Waals surface area contributed by atoms with Crippen molar-refractivity contribution in [2.45, 2.75) is 31.7 Å². The molecule has 0 saturated heterocycles. The first-order valence-electron chi connectivity index (χ1n) is 10.7. The Morgan fingerprint density at radius 1 is 1.03 bits per heavy atom. The van der Waals surface area contributed by atoms with Gasteiger partial charge in [-0.15, -0.1) is 0 Å². The number of imidazole rings is 1. The molecule has 6 nitrogen and oxygen atoms in total. The van der Waals surface area contributed by atoms with Crippen LogP contribution in [0, 0.1) is 0 Å². The van der Waals surface area contributed by atoms with Crippen LogP contribution >= 0.6 is 11.8 Å². The molecule has 0 bridgehead atoms. The molecule has 1 aromatic heterocycles. The van der Waals surface area contributed by atoms with Crippen molar-refractivity contribution in [2.75, 3.05) is 24.2 Å². The van der Waals surface area contributed by atoms with E-state index >= 15 is 0 Å². The molecule has 2 amide bonds. The van der Waals surface area contributed by atoms with Gasteiger partial charge in [0.2, 0.25) is 5.91 Å². The molecule has 0 aliphatic carbocycles. The Morgan fingerprint density at radius 3 is 2.26 bits per heavy atom. The van der Waals surface area contributed by atoms with Gasteiger partial charge >= 0.3 is 6.18 Å². The number of thioether (sulfide) groups is 1. The zero-order valence-corrected chi connectivity index (χ0v) is 19.6. The smallest absolute Gasteiger partial charge is 0.339 e. The average molecular weight is 491 g/mol. The maximum absolute atomic E-state index is 13.2. The summed E-state index contributed by atoms with van der Waals surface area (Å²) in [6, 6.07) is 15.2. The molecule has 0 atom stereocenters. The number of anilines is 1. The van der Waals surface area contributed by atoms with Crippen LogP contribution in [0.2, 0.25) is 0 Å². The fourth-order valence-electron chi connectivity index (χ4n) is 3.36. The minimum atomic E-state index is -4.44. The minimum absolute atomic E-state index is 0.0934. The van der Waals surface area contributed by atoms with Crippen molar-refractivity contribution in [1.29, 1.82) is 0 Å². The summed E-state index contributed by atoms with van der Waals surface area (Å²) in [6.45, 7) is 3.79. The predicted molar refractivity (Wildman–Crippen MR) is 127 cm³/mol. The van der Waals surface area contributed by atoms with Gasteiger partial charge in [0.05, 0.1) is 17.6 Å². The molecule has 3 aromatic rings. The first-order valence-corrected chi connectivity index (χ1v) is 11.7. The Hall–Kier alpha value is -3.27. The monoisotopic (exact) mass is 490 g/mol. The van der Waals surface area contributed by atoms with E-state index in [1.54, 1.807) is 59.5 Å². The number of rotatable bonds is 9. The molecule has 1 heterocycles. The number of halogens is 3. The van der Waals surface area contributed by atoms with E-state index in [4.69, 9.17) is 0 Å². The minimum Gasteiger partial charge on any atom is -0.339 e. The molecular formula is C24H25F3N4O2S. The van der Waals surface area contributed by atoms with Gasteiger partial charge in [-0.2, -0.15) is 13.2 Å². The summed E-state index contributed by atoms with van der Waals surface area (Å²) in [5, 5.41) is 2.80. The van der Waals surface area contributed by atoms with Crippen LogP contribution < -0.4 is 5.32 Å². The molecule has 2 aromatic carbocycles. The number of hydrogen-bond donors (Lipinski definition) is 1. The molecule has 10 heteroatoms. The van der Waals surface area contributed by atoms with E-state index in [0.717, 1.165) is 16.3 Å². The van der Waals surface area contributed by atoms with Crippen LogP contribution in [0.3, 0.4) is 0 Å². The van der Waals surface area contributed by atoms with Crippen molar-refractivity contribution in [2.24, 2.45) is 0 Å². The number of amides is 2. The maximum Gasteiger partial charge on any atom is 0.406 e. The highest BCUT2D eigenvalue weighted by molar-refractivity contribution is 7.99. The number of alkyl halides is 3. The Labute approximate surface area is 200 Å². The summed E-state index contributed by atoms with van der Waals surface area (Å²) in [7, 11) is 0. The lowest BCUT2D eigenvalue weighted by atomic mass is 10.2. The van der Waals surface area contributed by atoms with Crippen molar-refractivity contribution in [3.63, 3.8) is 0 Å². The largest absolute Gasteiger partial charge is 0.406 e. The van der Waals surface area contributed by atoms with E-state index in [-0.39, 0.29) is 16.8 Å². The molecule has 0 radical (unpaired) electrons. The van der Waals surface area contributed by atoms with Crippen molar-refractivity contribution in [1.82, 2.24) is 14.5 Å². The van der Waals surface area contributed by atoms with Gasteiger partial charge in [0.25, 0.3) is 5.91 Å². The molecular weight excluding hydrogens is 465 g/mol. The molecule has 34 heavy (non-hydrogen) atoms. The first-order chi connectivity index (χ1) is 16.2. The summed E-state index contributed by atoms with van der Waals surface area (Å²) in [5.41, 5.74) is 1.94. The van der Waals surface area contributed by atoms with Crippen LogP contribution in [0.4, 0.5) is 18.9 Å². The van der Waals surface area contributed by atoms with Crippen molar-refractivity contribution < 1.29 is 22.8 Å². The van der Waals surface area contributed by atoms with Crippen LogP contribution in [-0.2, 0) is 11.3 Å². The fraction of sp³-hybridized carbons (Fsp3) is 0.292. The lowest BCUT2D eigenvalue weighted by Crippen LogP contribution is -2.30. The number of nitrogens with one attached hydrogen (secondary N) is 1. The van der Waals surface area contributed by atoms with Gasteiger partial charge in [-0.1, -0.05) is 42.1 Å². The summed E-state index contributed by atoms with van der Waals surface area (Å²) < 4.78 is 40.7. The zero-order valence-electron chi connectivity index (χ0n) is 18.8. The highest BCUT2D eigenvalue weighted by atomic mass is 32.2. The number of hydrogen-bond acceptors (Lipinski definition) is 4. The molecule has 3 rings (SSSR count). The van der Waals surface area contributed by atoms with Gasteiger partial charge in [0.1, 0.15) is 6.54 Å². The van der Waals surface area contributed by atoms with Gasteiger partial charge < -0.3 is 14.8 Å². The van der Waals surface area contributed by atoms with Crippen LogP contribution in [0.1, 0.15) is 24.2 Å². The molecule has 0 aliphatic rings. The Kier molecular flexibility index (Phi) is 8.38. The van der Waals surface area contributed by atoms with Crippen molar-refractivity contribution in [3.05, 3.63) is 66.4 Å². The van der Waals surface area contributed by atoms with Crippen molar-refractivity contribution >= 4 is 29.3 Å². The third-order valence-corrected chi connectivity index (χ3v) is 6.02. The SMILES string of the molecule is CCN(CC)C(=O)c1ccc(NC(=O)CSc2ncc(-c3ccccc3)n2CC(F)(F)F)cc1. The number of carbonyl (C=O) groups is 2. The Morgan fingerprint density at radius 2 is 1.68 bits per heavy atom. The second-order valence-electron chi connectivity index (χ2n) is 7.39. The molecule has 0 fully saturated rings. The quantitative estimate of drug-likeness (QED) is 0.412. The van der Waals surface area contributed by atoms with E-state index in [9.17, 15) is 22.8 Å². The van der Waals surface area contributed by atoms with E-state index in [1.165, 1.54) is 6.20 Å². The third kappa shape index (κ3) is 6.63. The number of aromatic nitrogens is 2. The van der Waals surface area contributed by atoms with Gasteiger partial charge in [0, 0.05) is 24.3 Å². The summed E-state index contributed by atoms with van der Waals surface area (Å²) in [6.07, 6.45) is -3.06. The fourth-order valence-corrected chi connectivity index (χ4v) is 4.14. The molecule has 180 valence electrons. The van der Waals surface area contributed by atoms with Gasteiger partial charge in [-0.25, -0.2) is 4.98 Å². The lowest BCUT2D eigenvalue weighted by molar-refractivity contribution is -0.141. The van der Waals surface area contributed by atoms with Crippen LogP contribution in [0.15, 0.2) is 66.0 Å². The molecule has 0 spiro atoms.